The number of rotatable bonds is 5. The molecule has 2 saturated carbocycles. The van der Waals surface area contributed by atoms with Gasteiger partial charge in [0, 0.05) is 23.9 Å². The number of amides is 1. The van der Waals surface area contributed by atoms with Crippen molar-refractivity contribution in [1.82, 2.24) is 15.5 Å². The van der Waals surface area contributed by atoms with Gasteiger partial charge in [-0.05, 0) is 38.7 Å². The normalized spacial score (nSPS) is 26.7. The van der Waals surface area contributed by atoms with Gasteiger partial charge in [0.1, 0.15) is 5.82 Å². The quantitative estimate of drug-likeness (QED) is 0.855. The molecule has 2 aliphatic carbocycles. The van der Waals surface area contributed by atoms with Gasteiger partial charge in [0.2, 0.25) is 11.8 Å². The van der Waals surface area contributed by atoms with Crippen LogP contribution in [0.5, 0.6) is 0 Å². The predicted octanol–water partition coefficient (Wildman–Crippen LogP) is 2.22. The first-order valence-corrected chi connectivity index (χ1v) is 9.01. The number of nitrogens with one attached hydrogen (secondary N) is 1. The molecule has 1 amide bonds. The SMILES string of the molecule is Cc1noc([C@H]2C[C@H](CNC(=O)C3(c4ccccc4F)CC3)[C@H](O)C2)n1. The summed E-state index contributed by atoms with van der Waals surface area (Å²) in [7, 11) is 0. The number of aryl methyl sites for hydroxylation is 1. The summed E-state index contributed by atoms with van der Waals surface area (Å²) < 4.78 is 19.3. The Balaban J connectivity index is 1.38. The van der Waals surface area contributed by atoms with E-state index in [0.717, 1.165) is 0 Å². The number of aliphatic hydroxyl groups is 1. The average molecular weight is 359 g/mol. The van der Waals surface area contributed by atoms with Crippen LogP contribution in [0, 0.1) is 18.7 Å². The Morgan fingerprint density at radius 1 is 1.38 bits per heavy atom. The zero-order chi connectivity index (χ0) is 18.3. The van der Waals surface area contributed by atoms with Crippen LogP contribution in [0.25, 0.3) is 0 Å². The molecule has 0 aliphatic heterocycles. The van der Waals surface area contributed by atoms with Crippen LogP contribution in [0.2, 0.25) is 0 Å². The Kier molecular flexibility index (Phi) is 4.26. The van der Waals surface area contributed by atoms with E-state index in [1.54, 1.807) is 25.1 Å². The summed E-state index contributed by atoms with van der Waals surface area (Å²) >= 11 is 0. The second kappa shape index (κ2) is 6.46. The second-order valence-corrected chi connectivity index (χ2v) is 7.45. The van der Waals surface area contributed by atoms with Crippen molar-refractivity contribution < 1.29 is 18.8 Å². The maximum atomic E-state index is 14.1. The molecule has 0 bridgehead atoms. The molecule has 2 aromatic rings. The first-order chi connectivity index (χ1) is 12.5. The Hall–Kier alpha value is -2.28. The summed E-state index contributed by atoms with van der Waals surface area (Å²) in [6, 6.07) is 6.45. The molecule has 7 heteroatoms. The van der Waals surface area contributed by atoms with Crippen LogP contribution in [-0.2, 0) is 10.2 Å². The van der Waals surface area contributed by atoms with Crippen LogP contribution in [0.3, 0.4) is 0 Å². The number of aliphatic hydroxyl groups excluding tert-OH is 1. The molecule has 0 spiro atoms. The van der Waals surface area contributed by atoms with Gasteiger partial charge in [-0.25, -0.2) is 4.39 Å². The van der Waals surface area contributed by atoms with Crippen LogP contribution < -0.4 is 5.32 Å². The van der Waals surface area contributed by atoms with Crippen molar-refractivity contribution in [3.05, 3.63) is 47.4 Å². The van der Waals surface area contributed by atoms with Crippen LogP contribution >= 0.6 is 0 Å². The molecular formula is C19H22FN3O3. The standard InChI is InChI=1S/C19H22FN3O3/c1-11-22-17(26-23-11)12-8-13(16(24)9-12)10-21-18(25)19(6-7-19)14-4-2-3-5-15(14)20/h2-5,12-13,16,24H,6-10H2,1H3,(H,21,25)/t12-,13+,16+/m0/s1. The van der Waals surface area contributed by atoms with E-state index in [4.69, 9.17) is 4.52 Å². The van der Waals surface area contributed by atoms with Crippen molar-refractivity contribution in [2.45, 2.75) is 50.0 Å². The number of nitrogens with zero attached hydrogens (tertiary/aromatic N) is 2. The molecule has 2 aliphatic rings. The molecule has 1 aromatic carbocycles. The molecule has 4 rings (SSSR count). The molecule has 0 saturated heterocycles. The maximum Gasteiger partial charge on any atom is 0.230 e. The molecule has 2 N–H and O–H groups in total. The minimum Gasteiger partial charge on any atom is -0.393 e. The zero-order valence-electron chi connectivity index (χ0n) is 14.6. The van der Waals surface area contributed by atoms with Gasteiger partial charge in [0.05, 0.1) is 11.5 Å². The predicted molar refractivity (Wildman–Crippen MR) is 90.8 cm³/mol. The highest BCUT2D eigenvalue weighted by molar-refractivity contribution is 5.91. The van der Waals surface area contributed by atoms with Gasteiger partial charge in [-0.1, -0.05) is 23.4 Å². The van der Waals surface area contributed by atoms with Gasteiger partial charge in [0.15, 0.2) is 5.82 Å². The first kappa shape index (κ1) is 17.1. The lowest BCUT2D eigenvalue weighted by Crippen LogP contribution is -2.39. The number of halogens is 1. The minimum atomic E-state index is -0.752. The summed E-state index contributed by atoms with van der Waals surface area (Å²) in [6.45, 7) is 2.12. The van der Waals surface area contributed by atoms with E-state index in [2.05, 4.69) is 15.5 Å². The van der Waals surface area contributed by atoms with Gasteiger partial charge < -0.3 is 14.9 Å². The summed E-state index contributed by atoms with van der Waals surface area (Å²) in [5, 5.41) is 17.0. The van der Waals surface area contributed by atoms with Gasteiger partial charge in [-0.15, -0.1) is 0 Å². The van der Waals surface area contributed by atoms with Crippen LogP contribution in [0.1, 0.15) is 48.9 Å². The average Bonchev–Trinajstić information content (AvgIpc) is 3.18. The van der Waals surface area contributed by atoms with E-state index in [9.17, 15) is 14.3 Å². The van der Waals surface area contributed by atoms with Crippen molar-refractivity contribution in [2.75, 3.05) is 6.54 Å². The monoisotopic (exact) mass is 359 g/mol. The van der Waals surface area contributed by atoms with Crippen molar-refractivity contribution in [3.8, 4) is 0 Å². The molecule has 0 radical (unpaired) electrons. The Morgan fingerprint density at radius 2 is 2.15 bits per heavy atom. The van der Waals surface area contributed by atoms with E-state index in [1.807, 2.05) is 0 Å². The molecular weight excluding hydrogens is 337 g/mol. The van der Waals surface area contributed by atoms with Crippen LogP contribution in [0.15, 0.2) is 28.8 Å². The largest absolute Gasteiger partial charge is 0.393 e. The fourth-order valence-corrected chi connectivity index (χ4v) is 3.99. The number of aromatic nitrogens is 2. The van der Waals surface area contributed by atoms with E-state index in [0.29, 0.717) is 49.5 Å². The molecule has 3 atom stereocenters. The van der Waals surface area contributed by atoms with E-state index in [-0.39, 0.29) is 23.6 Å². The number of hydrogen-bond donors (Lipinski definition) is 2. The molecule has 1 aromatic heterocycles. The van der Waals surface area contributed by atoms with Crippen LogP contribution in [0.4, 0.5) is 4.39 Å². The van der Waals surface area contributed by atoms with Gasteiger partial charge in [-0.2, -0.15) is 4.98 Å². The Labute approximate surface area is 150 Å². The Bertz CT molecular complexity index is 818. The van der Waals surface area contributed by atoms with E-state index >= 15 is 0 Å². The van der Waals surface area contributed by atoms with Gasteiger partial charge in [-0.3, -0.25) is 4.79 Å². The van der Waals surface area contributed by atoms with Crippen molar-refractivity contribution in [1.29, 1.82) is 0 Å². The van der Waals surface area contributed by atoms with E-state index < -0.39 is 11.5 Å². The molecule has 26 heavy (non-hydrogen) atoms. The zero-order valence-corrected chi connectivity index (χ0v) is 14.6. The third kappa shape index (κ3) is 3.00. The molecule has 1 heterocycles. The summed E-state index contributed by atoms with van der Waals surface area (Å²) in [4.78, 5) is 16.9. The molecule has 2 fully saturated rings. The third-order valence-electron chi connectivity index (χ3n) is 5.65. The topological polar surface area (TPSA) is 88.2 Å². The first-order valence-electron chi connectivity index (χ1n) is 9.01. The molecule has 0 unspecified atom stereocenters. The number of carbonyl (C=O) groups is 1. The number of hydrogen-bond acceptors (Lipinski definition) is 5. The smallest absolute Gasteiger partial charge is 0.230 e. The third-order valence-corrected chi connectivity index (χ3v) is 5.65. The summed E-state index contributed by atoms with van der Waals surface area (Å²) in [5.74, 6) is 0.550. The summed E-state index contributed by atoms with van der Waals surface area (Å²) in [6.07, 6.45) is 1.99. The highest BCUT2D eigenvalue weighted by atomic mass is 19.1. The van der Waals surface area contributed by atoms with Crippen molar-refractivity contribution in [3.63, 3.8) is 0 Å². The Morgan fingerprint density at radius 3 is 2.81 bits per heavy atom. The second-order valence-electron chi connectivity index (χ2n) is 7.45. The fraction of sp³-hybridized carbons (Fsp3) is 0.526. The highest BCUT2D eigenvalue weighted by Crippen LogP contribution is 2.49. The molecule has 138 valence electrons. The minimum absolute atomic E-state index is 0.00885. The molecule has 6 nitrogen and oxygen atoms in total. The van der Waals surface area contributed by atoms with Crippen molar-refractivity contribution >= 4 is 5.91 Å². The number of carbonyl (C=O) groups excluding carboxylic acids is 1. The van der Waals surface area contributed by atoms with Gasteiger partial charge >= 0.3 is 0 Å². The summed E-state index contributed by atoms with van der Waals surface area (Å²) in [5.41, 5.74) is -0.290. The van der Waals surface area contributed by atoms with E-state index in [1.165, 1.54) is 6.07 Å². The lowest BCUT2D eigenvalue weighted by molar-refractivity contribution is -0.124. The maximum absolute atomic E-state index is 14.1. The highest BCUT2D eigenvalue weighted by Gasteiger charge is 2.52. The van der Waals surface area contributed by atoms with Gasteiger partial charge in [0.25, 0.3) is 0 Å². The fourth-order valence-electron chi connectivity index (χ4n) is 3.99. The number of benzene rings is 1. The lowest BCUT2D eigenvalue weighted by atomic mass is 9.94. The lowest BCUT2D eigenvalue weighted by Gasteiger charge is -2.20. The van der Waals surface area contributed by atoms with Crippen LogP contribution in [-0.4, -0.2) is 33.8 Å². The van der Waals surface area contributed by atoms with Crippen molar-refractivity contribution in [2.24, 2.45) is 5.92 Å².